The highest BCUT2D eigenvalue weighted by atomic mass is 19.1. The molecule has 0 aromatic carbocycles. The lowest BCUT2D eigenvalue weighted by Crippen LogP contribution is -2.61. The van der Waals surface area contributed by atoms with E-state index in [1.54, 1.807) is 0 Å². The van der Waals surface area contributed by atoms with Gasteiger partial charge < -0.3 is 5.32 Å². The summed E-state index contributed by atoms with van der Waals surface area (Å²) in [5.74, 6) is 0.833. The van der Waals surface area contributed by atoms with Gasteiger partial charge in [-0.3, -0.25) is 4.90 Å². The summed E-state index contributed by atoms with van der Waals surface area (Å²) < 4.78 is 12.6. The molecule has 2 fully saturated rings. The number of rotatable bonds is 3. The average Bonchev–Trinajstić information content (AvgIpc) is 3.00. The Hall–Kier alpha value is -0.150. The van der Waals surface area contributed by atoms with Crippen LogP contribution in [0.25, 0.3) is 0 Å². The third kappa shape index (κ3) is 2.75. The summed E-state index contributed by atoms with van der Waals surface area (Å²) in [6, 6.07) is 1.09. The van der Waals surface area contributed by atoms with E-state index in [0.29, 0.717) is 18.6 Å². The molecule has 3 heteroatoms. The smallest absolute Gasteiger partial charge is 0.102 e. The fourth-order valence-electron chi connectivity index (χ4n) is 2.72. The molecule has 2 rings (SSSR count). The van der Waals surface area contributed by atoms with Crippen molar-refractivity contribution in [2.45, 2.75) is 45.7 Å². The van der Waals surface area contributed by atoms with Crippen LogP contribution >= 0.6 is 0 Å². The molecule has 0 amide bonds. The van der Waals surface area contributed by atoms with Crippen LogP contribution in [0.4, 0.5) is 4.39 Å². The minimum atomic E-state index is -0.208. The molecule has 0 aromatic rings. The van der Waals surface area contributed by atoms with Crippen molar-refractivity contribution in [3.63, 3.8) is 0 Å². The molecule has 2 atom stereocenters. The summed E-state index contributed by atoms with van der Waals surface area (Å²) in [6.07, 6.45) is 2.69. The average molecular weight is 228 g/mol. The second-order valence-corrected chi connectivity index (χ2v) is 6.42. The van der Waals surface area contributed by atoms with Crippen LogP contribution in [-0.4, -0.2) is 43.3 Å². The van der Waals surface area contributed by atoms with Crippen LogP contribution in [0.15, 0.2) is 0 Å². The third-order valence-corrected chi connectivity index (χ3v) is 4.04. The zero-order valence-electron chi connectivity index (χ0n) is 10.8. The van der Waals surface area contributed by atoms with Crippen molar-refractivity contribution in [3.8, 4) is 0 Å². The highest BCUT2D eigenvalue weighted by molar-refractivity contribution is 4.97. The van der Waals surface area contributed by atoms with Gasteiger partial charge in [0.1, 0.15) is 6.67 Å². The lowest BCUT2D eigenvalue weighted by atomic mass is 9.84. The summed E-state index contributed by atoms with van der Waals surface area (Å²) >= 11 is 0. The SMILES string of the molecule is CC(C)(C)C1CN(CCF)C(C2CC2)CN1. The summed E-state index contributed by atoms with van der Waals surface area (Å²) in [6.45, 7) is 9.25. The Labute approximate surface area is 98.6 Å². The molecule has 94 valence electrons. The van der Waals surface area contributed by atoms with E-state index < -0.39 is 0 Å². The van der Waals surface area contributed by atoms with Gasteiger partial charge in [0.25, 0.3) is 0 Å². The first-order valence-electron chi connectivity index (χ1n) is 6.56. The predicted octanol–water partition coefficient (Wildman–Crippen LogP) is 2.05. The third-order valence-electron chi connectivity index (χ3n) is 4.04. The molecule has 1 aliphatic heterocycles. The molecule has 0 aromatic heterocycles. The Morgan fingerprint density at radius 1 is 1.31 bits per heavy atom. The van der Waals surface area contributed by atoms with Crippen LogP contribution in [0.2, 0.25) is 0 Å². The molecule has 0 bridgehead atoms. The molecule has 2 unspecified atom stereocenters. The van der Waals surface area contributed by atoms with E-state index in [9.17, 15) is 4.39 Å². The van der Waals surface area contributed by atoms with Gasteiger partial charge in [0.2, 0.25) is 0 Å². The van der Waals surface area contributed by atoms with E-state index in [2.05, 4.69) is 31.0 Å². The Kier molecular flexibility index (Phi) is 3.55. The molecule has 16 heavy (non-hydrogen) atoms. The maximum atomic E-state index is 12.6. The van der Waals surface area contributed by atoms with Gasteiger partial charge in [-0.2, -0.15) is 0 Å². The Balaban J connectivity index is 1.96. The van der Waals surface area contributed by atoms with Crippen LogP contribution in [0.5, 0.6) is 0 Å². The lowest BCUT2D eigenvalue weighted by molar-refractivity contribution is 0.0699. The van der Waals surface area contributed by atoms with Gasteiger partial charge in [-0.15, -0.1) is 0 Å². The van der Waals surface area contributed by atoms with E-state index >= 15 is 0 Å². The molecule has 0 radical (unpaired) electrons. The van der Waals surface area contributed by atoms with E-state index in [1.807, 2.05) is 0 Å². The van der Waals surface area contributed by atoms with E-state index in [-0.39, 0.29) is 12.1 Å². The Morgan fingerprint density at radius 3 is 2.50 bits per heavy atom. The van der Waals surface area contributed by atoms with Gasteiger partial charge in [-0.05, 0) is 24.2 Å². The summed E-state index contributed by atoms with van der Waals surface area (Å²) in [5, 5.41) is 3.65. The van der Waals surface area contributed by atoms with Gasteiger partial charge in [-0.25, -0.2) is 4.39 Å². The molecule has 2 nitrogen and oxygen atoms in total. The molecule has 1 aliphatic carbocycles. The zero-order valence-corrected chi connectivity index (χ0v) is 10.8. The first-order valence-corrected chi connectivity index (χ1v) is 6.56. The number of piperazine rings is 1. The molecule has 2 aliphatic rings. The first kappa shape index (κ1) is 12.3. The van der Waals surface area contributed by atoms with Gasteiger partial charge in [0.05, 0.1) is 0 Å². The zero-order chi connectivity index (χ0) is 11.8. The van der Waals surface area contributed by atoms with Crippen LogP contribution in [0, 0.1) is 11.3 Å². The van der Waals surface area contributed by atoms with Crippen molar-refractivity contribution in [1.29, 1.82) is 0 Å². The Bertz CT molecular complexity index is 233. The summed E-state index contributed by atoms with van der Waals surface area (Å²) in [5.41, 5.74) is 0.267. The number of hydrogen-bond donors (Lipinski definition) is 1. The van der Waals surface area contributed by atoms with Gasteiger partial charge >= 0.3 is 0 Å². The summed E-state index contributed by atoms with van der Waals surface area (Å²) in [7, 11) is 0. The molecule has 1 saturated carbocycles. The number of nitrogens with one attached hydrogen (secondary N) is 1. The highest BCUT2D eigenvalue weighted by Crippen LogP contribution is 2.37. The molecule has 0 spiro atoms. The second-order valence-electron chi connectivity index (χ2n) is 6.42. The van der Waals surface area contributed by atoms with Crippen molar-refractivity contribution < 1.29 is 4.39 Å². The van der Waals surface area contributed by atoms with Crippen molar-refractivity contribution in [2.24, 2.45) is 11.3 Å². The van der Waals surface area contributed by atoms with Crippen molar-refractivity contribution in [3.05, 3.63) is 0 Å². The van der Waals surface area contributed by atoms with Crippen LogP contribution in [-0.2, 0) is 0 Å². The van der Waals surface area contributed by atoms with Crippen LogP contribution in [0.3, 0.4) is 0 Å². The standard InChI is InChI=1S/C13H25FN2/c1-13(2,3)12-9-16(7-6-14)11(8-15-12)10-4-5-10/h10-12,15H,4-9H2,1-3H3. The molecule has 1 heterocycles. The normalized spacial score (nSPS) is 33.0. The predicted molar refractivity (Wildman–Crippen MR) is 65.3 cm³/mol. The maximum absolute atomic E-state index is 12.6. The number of nitrogens with zero attached hydrogens (tertiary/aromatic N) is 1. The van der Waals surface area contributed by atoms with Crippen LogP contribution in [0.1, 0.15) is 33.6 Å². The number of alkyl halides is 1. The molecule has 1 N–H and O–H groups in total. The van der Waals surface area contributed by atoms with Gasteiger partial charge in [-0.1, -0.05) is 20.8 Å². The fourth-order valence-corrected chi connectivity index (χ4v) is 2.72. The highest BCUT2D eigenvalue weighted by Gasteiger charge is 2.40. The lowest BCUT2D eigenvalue weighted by Gasteiger charge is -2.45. The molecule has 1 saturated heterocycles. The molecular formula is C13H25FN2. The quantitative estimate of drug-likeness (QED) is 0.795. The Morgan fingerprint density at radius 2 is 2.00 bits per heavy atom. The molecular weight excluding hydrogens is 203 g/mol. The second kappa shape index (κ2) is 4.61. The van der Waals surface area contributed by atoms with Gasteiger partial charge in [0, 0.05) is 31.7 Å². The van der Waals surface area contributed by atoms with Crippen molar-refractivity contribution in [2.75, 3.05) is 26.3 Å². The van der Waals surface area contributed by atoms with E-state index in [4.69, 9.17) is 0 Å². The van der Waals surface area contributed by atoms with E-state index in [1.165, 1.54) is 12.8 Å². The van der Waals surface area contributed by atoms with Crippen molar-refractivity contribution in [1.82, 2.24) is 10.2 Å². The number of hydrogen-bond acceptors (Lipinski definition) is 2. The van der Waals surface area contributed by atoms with Crippen LogP contribution < -0.4 is 5.32 Å². The maximum Gasteiger partial charge on any atom is 0.102 e. The first-order chi connectivity index (χ1) is 7.52. The monoisotopic (exact) mass is 228 g/mol. The van der Waals surface area contributed by atoms with Crippen molar-refractivity contribution >= 4 is 0 Å². The number of halogens is 1. The summed E-state index contributed by atoms with van der Waals surface area (Å²) in [4.78, 5) is 2.38. The van der Waals surface area contributed by atoms with Gasteiger partial charge in [0.15, 0.2) is 0 Å². The topological polar surface area (TPSA) is 15.3 Å². The van der Waals surface area contributed by atoms with E-state index in [0.717, 1.165) is 19.0 Å². The fraction of sp³-hybridized carbons (Fsp3) is 1.00. The largest absolute Gasteiger partial charge is 0.311 e. The minimum Gasteiger partial charge on any atom is -0.311 e. The minimum absolute atomic E-state index is 0.208.